The first-order valence-corrected chi connectivity index (χ1v) is 10.5. The summed E-state index contributed by atoms with van der Waals surface area (Å²) >= 11 is 0. The molecule has 7 nitrogen and oxygen atoms in total. The van der Waals surface area contributed by atoms with Crippen LogP contribution in [0, 0.1) is 6.92 Å². The van der Waals surface area contributed by atoms with E-state index in [0.717, 1.165) is 55.7 Å². The van der Waals surface area contributed by atoms with Crippen LogP contribution in [0.3, 0.4) is 0 Å². The fourth-order valence-electron chi connectivity index (χ4n) is 3.54. The first kappa shape index (κ1) is 21.2. The van der Waals surface area contributed by atoms with Crippen LogP contribution in [0.2, 0.25) is 0 Å². The van der Waals surface area contributed by atoms with Crippen LogP contribution in [0.15, 0.2) is 30.6 Å². The van der Waals surface area contributed by atoms with Crippen molar-refractivity contribution in [2.45, 2.75) is 52.0 Å². The fraction of sp³-hybridized carbons (Fsp3) is 0.545. The number of hydrogen-bond donors (Lipinski definition) is 1. The highest BCUT2D eigenvalue weighted by atomic mass is 16.5. The van der Waals surface area contributed by atoms with Gasteiger partial charge in [0.05, 0.1) is 0 Å². The molecule has 0 radical (unpaired) electrons. The number of aromatic nitrogens is 3. The maximum Gasteiger partial charge on any atom is 0.248 e. The second-order valence-electron chi connectivity index (χ2n) is 7.54. The molecule has 1 unspecified atom stereocenters. The van der Waals surface area contributed by atoms with E-state index in [0.29, 0.717) is 19.0 Å². The maximum atomic E-state index is 12.6. The van der Waals surface area contributed by atoms with Crippen molar-refractivity contribution in [3.8, 4) is 11.4 Å². The lowest BCUT2D eigenvalue weighted by Gasteiger charge is -2.31. The third kappa shape index (κ3) is 6.49. The van der Waals surface area contributed by atoms with Crippen LogP contribution in [0.1, 0.15) is 44.7 Å². The average molecular weight is 398 g/mol. The van der Waals surface area contributed by atoms with Gasteiger partial charge in [-0.25, -0.2) is 9.97 Å². The molecule has 0 aromatic carbocycles. The van der Waals surface area contributed by atoms with Gasteiger partial charge in [0, 0.05) is 55.5 Å². The molecular weight excluding hydrogens is 366 g/mol. The predicted molar refractivity (Wildman–Crippen MR) is 114 cm³/mol. The van der Waals surface area contributed by atoms with Crippen LogP contribution < -0.4 is 5.32 Å². The van der Waals surface area contributed by atoms with Gasteiger partial charge < -0.3 is 15.0 Å². The van der Waals surface area contributed by atoms with Crippen molar-refractivity contribution in [3.05, 3.63) is 36.3 Å². The van der Waals surface area contributed by atoms with Gasteiger partial charge in [-0.3, -0.25) is 9.78 Å². The largest absolute Gasteiger partial charge is 0.372 e. The Labute approximate surface area is 172 Å². The third-order valence-corrected chi connectivity index (χ3v) is 4.99. The molecule has 156 valence electrons. The van der Waals surface area contributed by atoms with E-state index in [1.54, 1.807) is 12.4 Å². The minimum Gasteiger partial charge on any atom is -0.372 e. The first-order valence-electron chi connectivity index (χ1n) is 10.5. The van der Waals surface area contributed by atoms with Crippen molar-refractivity contribution >= 4 is 11.7 Å². The van der Waals surface area contributed by atoms with E-state index in [2.05, 4.69) is 15.3 Å². The van der Waals surface area contributed by atoms with Crippen LogP contribution in [0.5, 0.6) is 0 Å². The third-order valence-electron chi connectivity index (χ3n) is 4.99. The van der Waals surface area contributed by atoms with Crippen molar-refractivity contribution in [1.82, 2.24) is 19.9 Å². The Balaban J connectivity index is 1.70. The van der Waals surface area contributed by atoms with Crippen molar-refractivity contribution in [2.24, 2.45) is 0 Å². The molecule has 0 spiro atoms. The van der Waals surface area contributed by atoms with E-state index in [-0.39, 0.29) is 18.6 Å². The van der Waals surface area contributed by atoms with Crippen molar-refractivity contribution in [2.75, 3.05) is 31.6 Å². The summed E-state index contributed by atoms with van der Waals surface area (Å²) in [6.07, 6.45) is 8.73. The smallest absolute Gasteiger partial charge is 0.248 e. The van der Waals surface area contributed by atoms with Crippen LogP contribution in [-0.2, 0) is 9.53 Å². The quantitative estimate of drug-likeness (QED) is 0.721. The Hall–Kier alpha value is -2.54. The number of hydrogen-bond acceptors (Lipinski definition) is 6. The van der Waals surface area contributed by atoms with E-state index < -0.39 is 0 Å². The number of rotatable bonds is 7. The normalized spacial score (nSPS) is 17.4. The second-order valence-corrected chi connectivity index (χ2v) is 7.54. The topological polar surface area (TPSA) is 80.2 Å². The molecule has 2 aromatic rings. The molecule has 3 heterocycles. The fourth-order valence-corrected chi connectivity index (χ4v) is 3.54. The summed E-state index contributed by atoms with van der Waals surface area (Å²) < 4.78 is 5.47. The molecule has 7 heteroatoms. The number of aryl methyl sites for hydroxylation is 1. The number of pyridine rings is 1. The van der Waals surface area contributed by atoms with Crippen molar-refractivity contribution in [3.63, 3.8) is 0 Å². The number of carbonyl (C=O) groups is 1. The zero-order valence-corrected chi connectivity index (χ0v) is 17.4. The molecule has 0 saturated carbocycles. The Morgan fingerprint density at radius 3 is 2.86 bits per heavy atom. The highest BCUT2D eigenvalue weighted by Gasteiger charge is 2.21. The van der Waals surface area contributed by atoms with Gasteiger partial charge in [-0.1, -0.05) is 19.8 Å². The molecule has 1 N–H and O–H groups in total. The summed E-state index contributed by atoms with van der Waals surface area (Å²) in [6, 6.07) is 5.93. The SMILES string of the molecule is CCCOCC(=O)N1CCCCCC(Nc2cc(C)nc(-c3ccncc3)n2)C1. The molecule has 1 aliphatic heterocycles. The van der Waals surface area contributed by atoms with Crippen LogP contribution in [-0.4, -0.2) is 58.1 Å². The van der Waals surface area contributed by atoms with Crippen LogP contribution in [0.25, 0.3) is 11.4 Å². The number of nitrogens with zero attached hydrogens (tertiary/aromatic N) is 4. The monoisotopic (exact) mass is 397 g/mol. The van der Waals surface area contributed by atoms with Crippen molar-refractivity contribution < 1.29 is 9.53 Å². The van der Waals surface area contributed by atoms with Gasteiger partial charge in [0.2, 0.25) is 5.91 Å². The molecule has 1 aliphatic rings. The van der Waals surface area contributed by atoms with E-state index in [1.807, 2.05) is 36.9 Å². The summed E-state index contributed by atoms with van der Waals surface area (Å²) in [5, 5.41) is 3.55. The summed E-state index contributed by atoms with van der Waals surface area (Å²) in [7, 11) is 0. The number of carbonyl (C=O) groups excluding carboxylic acids is 1. The molecule has 0 bridgehead atoms. The Morgan fingerprint density at radius 1 is 1.24 bits per heavy atom. The number of ether oxygens (including phenoxy) is 1. The van der Waals surface area contributed by atoms with Gasteiger partial charge in [-0.15, -0.1) is 0 Å². The van der Waals surface area contributed by atoms with E-state index in [9.17, 15) is 4.79 Å². The minimum absolute atomic E-state index is 0.0727. The van der Waals surface area contributed by atoms with Gasteiger partial charge in [0.15, 0.2) is 5.82 Å². The number of anilines is 1. The Kier molecular flexibility index (Phi) is 7.93. The summed E-state index contributed by atoms with van der Waals surface area (Å²) in [5.41, 5.74) is 1.84. The van der Waals surface area contributed by atoms with Gasteiger partial charge >= 0.3 is 0 Å². The molecule has 1 saturated heterocycles. The molecule has 2 aromatic heterocycles. The molecule has 3 rings (SSSR count). The molecule has 0 aliphatic carbocycles. The van der Waals surface area contributed by atoms with Crippen LogP contribution >= 0.6 is 0 Å². The molecule has 29 heavy (non-hydrogen) atoms. The van der Waals surface area contributed by atoms with Gasteiger partial charge in [0.1, 0.15) is 12.4 Å². The minimum atomic E-state index is 0.0727. The maximum absolute atomic E-state index is 12.6. The lowest BCUT2D eigenvalue weighted by molar-refractivity contribution is -0.136. The summed E-state index contributed by atoms with van der Waals surface area (Å²) in [6.45, 7) is 6.26. The highest BCUT2D eigenvalue weighted by Crippen LogP contribution is 2.20. The molecule has 1 amide bonds. The van der Waals surface area contributed by atoms with E-state index in [4.69, 9.17) is 9.72 Å². The van der Waals surface area contributed by atoms with Gasteiger partial charge in [0.25, 0.3) is 0 Å². The Bertz CT molecular complexity index is 784. The van der Waals surface area contributed by atoms with Gasteiger partial charge in [-0.2, -0.15) is 0 Å². The average Bonchev–Trinajstić information content (AvgIpc) is 2.70. The predicted octanol–water partition coefficient (Wildman–Crippen LogP) is 3.46. The molecule has 1 fully saturated rings. The van der Waals surface area contributed by atoms with E-state index >= 15 is 0 Å². The Morgan fingerprint density at radius 2 is 2.07 bits per heavy atom. The molecule has 1 atom stereocenters. The van der Waals surface area contributed by atoms with Crippen molar-refractivity contribution in [1.29, 1.82) is 0 Å². The first-order chi connectivity index (χ1) is 14.2. The zero-order chi connectivity index (χ0) is 20.5. The highest BCUT2D eigenvalue weighted by molar-refractivity contribution is 5.77. The number of nitrogens with one attached hydrogen (secondary N) is 1. The lowest BCUT2D eigenvalue weighted by atomic mass is 10.0. The number of amides is 1. The lowest BCUT2D eigenvalue weighted by Crippen LogP contribution is -2.43. The van der Waals surface area contributed by atoms with E-state index in [1.165, 1.54) is 0 Å². The molecular formula is C22H31N5O2. The standard InChI is InChI=1S/C22H31N5O2/c1-3-13-29-16-21(28)27-12-6-4-5-7-19(15-27)25-20-14-17(2)24-22(26-20)18-8-10-23-11-9-18/h8-11,14,19H,3-7,12-13,15-16H2,1-2H3,(H,24,25,26). The second kappa shape index (κ2) is 10.9. The summed E-state index contributed by atoms with van der Waals surface area (Å²) in [4.78, 5) is 27.8. The number of likely N-dealkylation sites (tertiary alicyclic amines) is 1. The zero-order valence-electron chi connectivity index (χ0n) is 17.4. The van der Waals surface area contributed by atoms with Gasteiger partial charge in [-0.05, 0) is 38.3 Å². The summed E-state index contributed by atoms with van der Waals surface area (Å²) in [5.74, 6) is 1.55. The van der Waals surface area contributed by atoms with Crippen LogP contribution in [0.4, 0.5) is 5.82 Å².